The van der Waals surface area contributed by atoms with Crippen molar-refractivity contribution < 1.29 is 8.42 Å². The lowest BCUT2D eigenvalue weighted by Crippen LogP contribution is -2.15. The molecule has 4 heteroatoms. The first-order valence-corrected chi connectivity index (χ1v) is 7.21. The molecule has 1 aliphatic carbocycles. The summed E-state index contributed by atoms with van der Waals surface area (Å²) in [7, 11) is -2.80. The van der Waals surface area contributed by atoms with Crippen LogP contribution in [-0.4, -0.2) is 25.8 Å². The van der Waals surface area contributed by atoms with Crippen molar-refractivity contribution >= 4 is 21.4 Å². The second-order valence-corrected chi connectivity index (χ2v) is 6.95. The molecule has 3 unspecified atom stereocenters. The average Bonchev–Trinajstić information content (AvgIpc) is 2.29. The number of halogens is 1. The predicted molar refractivity (Wildman–Crippen MR) is 55.9 cm³/mol. The number of hydrogen-bond donors (Lipinski definition) is 0. The van der Waals surface area contributed by atoms with Gasteiger partial charge in [-0.1, -0.05) is 6.92 Å². The molecule has 13 heavy (non-hydrogen) atoms. The van der Waals surface area contributed by atoms with Gasteiger partial charge in [-0.15, -0.1) is 11.6 Å². The van der Waals surface area contributed by atoms with E-state index in [9.17, 15) is 8.42 Å². The highest BCUT2D eigenvalue weighted by atomic mass is 35.5. The van der Waals surface area contributed by atoms with Crippen molar-refractivity contribution in [2.75, 3.05) is 12.0 Å². The fourth-order valence-corrected chi connectivity index (χ4v) is 3.03. The first kappa shape index (κ1) is 11.3. The van der Waals surface area contributed by atoms with Gasteiger partial charge in [-0.3, -0.25) is 0 Å². The fourth-order valence-electron chi connectivity index (χ4n) is 1.97. The Kier molecular flexibility index (Phi) is 3.64. The molecule has 0 aliphatic heterocycles. The Morgan fingerprint density at radius 1 is 1.38 bits per heavy atom. The van der Waals surface area contributed by atoms with Crippen molar-refractivity contribution in [2.45, 2.75) is 31.6 Å². The van der Waals surface area contributed by atoms with E-state index in [1.165, 1.54) is 6.26 Å². The number of sulfone groups is 1. The molecule has 78 valence electrons. The first-order valence-electron chi connectivity index (χ1n) is 4.72. The van der Waals surface area contributed by atoms with E-state index in [1.807, 2.05) is 0 Å². The van der Waals surface area contributed by atoms with Crippen LogP contribution in [0.4, 0.5) is 0 Å². The molecule has 1 saturated carbocycles. The van der Waals surface area contributed by atoms with Gasteiger partial charge in [-0.2, -0.15) is 0 Å². The maximum absolute atomic E-state index is 10.9. The third kappa shape index (κ3) is 3.47. The standard InChI is InChI=1S/C9H17ClO2S/c1-7-8(3-4-9(7)10)5-6-13(2,11)12/h7-9H,3-6H2,1-2H3. The van der Waals surface area contributed by atoms with E-state index < -0.39 is 9.84 Å². The van der Waals surface area contributed by atoms with Crippen molar-refractivity contribution in [3.63, 3.8) is 0 Å². The van der Waals surface area contributed by atoms with Gasteiger partial charge in [0.2, 0.25) is 0 Å². The highest BCUT2D eigenvalue weighted by Crippen LogP contribution is 2.37. The molecule has 1 aliphatic rings. The summed E-state index contributed by atoms with van der Waals surface area (Å²) in [6, 6.07) is 0. The Morgan fingerprint density at radius 3 is 2.38 bits per heavy atom. The zero-order valence-electron chi connectivity index (χ0n) is 8.16. The lowest BCUT2D eigenvalue weighted by molar-refractivity contribution is 0.409. The van der Waals surface area contributed by atoms with Gasteiger partial charge in [0.05, 0.1) is 5.75 Å². The van der Waals surface area contributed by atoms with Gasteiger partial charge in [0, 0.05) is 11.6 Å². The number of rotatable bonds is 3. The molecule has 0 radical (unpaired) electrons. The van der Waals surface area contributed by atoms with Crippen molar-refractivity contribution in [1.82, 2.24) is 0 Å². The van der Waals surface area contributed by atoms with Crippen molar-refractivity contribution in [1.29, 1.82) is 0 Å². The molecule has 1 fully saturated rings. The molecule has 0 saturated heterocycles. The summed E-state index contributed by atoms with van der Waals surface area (Å²) < 4.78 is 21.9. The maximum Gasteiger partial charge on any atom is 0.147 e. The van der Waals surface area contributed by atoms with Crippen LogP contribution in [0.2, 0.25) is 0 Å². The van der Waals surface area contributed by atoms with E-state index in [4.69, 9.17) is 11.6 Å². The summed E-state index contributed by atoms with van der Waals surface area (Å²) in [5.41, 5.74) is 0. The van der Waals surface area contributed by atoms with Crippen LogP contribution in [0, 0.1) is 11.8 Å². The third-order valence-corrected chi connectivity index (χ3v) is 4.58. The largest absolute Gasteiger partial charge is 0.229 e. The first-order chi connectivity index (χ1) is 5.90. The predicted octanol–water partition coefficient (Wildman–Crippen LogP) is 2.07. The van der Waals surface area contributed by atoms with Crippen LogP contribution in [0.25, 0.3) is 0 Å². The molecule has 0 bridgehead atoms. The van der Waals surface area contributed by atoms with Gasteiger partial charge >= 0.3 is 0 Å². The monoisotopic (exact) mass is 224 g/mol. The zero-order chi connectivity index (χ0) is 10.1. The Balaban J connectivity index is 2.39. The van der Waals surface area contributed by atoms with Crippen molar-refractivity contribution in [3.05, 3.63) is 0 Å². The molecule has 0 aromatic rings. The second-order valence-electron chi connectivity index (χ2n) is 4.13. The summed E-state index contributed by atoms with van der Waals surface area (Å²) in [6.07, 6.45) is 4.20. The van der Waals surface area contributed by atoms with E-state index in [0.29, 0.717) is 17.6 Å². The van der Waals surface area contributed by atoms with E-state index in [0.717, 1.165) is 19.3 Å². The highest BCUT2D eigenvalue weighted by molar-refractivity contribution is 7.90. The van der Waals surface area contributed by atoms with E-state index in [-0.39, 0.29) is 5.38 Å². The van der Waals surface area contributed by atoms with Gasteiger partial charge in [0.25, 0.3) is 0 Å². The van der Waals surface area contributed by atoms with E-state index in [2.05, 4.69) is 6.92 Å². The topological polar surface area (TPSA) is 34.1 Å². The summed E-state index contributed by atoms with van der Waals surface area (Å²) in [5, 5.41) is 0.254. The molecule has 0 amide bonds. The minimum atomic E-state index is -2.80. The summed E-state index contributed by atoms with van der Waals surface area (Å²) in [5.74, 6) is 1.30. The molecule has 0 N–H and O–H groups in total. The van der Waals surface area contributed by atoms with Crippen molar-refractivity contribution in [2.24, 2.45) is 11.8 Å². The van der Waals surface area contributed by atoms with E-state index >= 15 is 0 Å². The lowest BCUT2D eigenvalue weighted by Gasteiger charge is -2.15. The van der Waals surface area contributed by atoms with Crippen LogP contribution in [0.3, 0.4) is 0 Å². The Morgan fingerprint density at radius 2 is 2.00 bits per heavy atom. The van der Waals surface area contributed by atoms with Crippen LogP contribution in [0.1, 0.15) is 26.2 Å². The number of hydrogen-bond acceptors (Lipinski definition) is 2. The van der Waals surface area contributed by atoms with E-state index in [1.54, 1.807) is 0 Å². The second kappa shape index (κ2) is 4.18. The average molecular weight is 225 g/mol. The van der Waals surface area contributed by atoms with Crippen LogP contribution in [0.5, 0.6) is 0 Å². The van der Waals surface area contributed by atoms with Gasteiger partial charge < -0.3 is 0 Å². The minimum Gasteiger partial charge on any atom is -0.229 e. The Hall–Kier alpha value is 0.240. The molecular formula is C9H17ClO2S. The Labute approximate surface area is 85.6 Å². The van der Waals surface area contributed by atoms with Gasteiger partial charge in [-0.05, 0) is 31.1 Å². The quantitative estimate of drug-likeness (QED) is 0.688. The molecule has 1 rings (SSSR count). The normalized spacial score (nSPS) is 35.2. The maximum atomic E-state index is 10.9. The summed E-state index contributed by atoms with van der Waals surface area (Å²) in [4.78, 5) is 0. The Bertz CT molecular complexity index is 261. The van der Waals surface area contributed by atoms with Gasteiger partial charge in [0.1, 0.15) is 9.84 Å². The minimum absolute atomic E-state index is 0.254. The molecule has 2 nitrogen and oxygen atoms in total. The third-order valence-electron chi connectivity index (χ3n) is 2.99. The molecule has 3 atom stereocenters. The SMILES string of the molecule is CC1C(Cl)CCC1CCS(C)(=O)=O. The van der Waals surface area contributed by atoms with Gasteiger partial charge in [-0.25, -0.2) is 8.42 Å². The van der Waals surface area contributed by atoms with Crippen LogP contribution >= 0.6 is 11.6 Å². The van der Waals surface area contributed by atoms with Crippen molar-refractivity contribution in [3.8, 4) is 0 Å². The summed E-state index contributed by atoms with van der Waals surface area (Å²) in [6.45, 7) is 2.12. The molecule has 0 heterocycles. The molecule has 0 aromatic heterocycles. The molecule has 0 spiro atoms. The number of alkyl halides is 1. The summed E-state index contributed by atoms with van der Waals surface area (Å²) >= 11 is 6.06. The lowest BCUT2D eigenvalue weighted by atomic mass is 9.95. The highest BCUT2D eigenvalue weighted by Gasteiger charge is 2.31. The van der Waals surface area contributed by atoms with Crippen LogP contribution < -0.4 is 0 Å². The smallest absolute Gasteiger partial charge is 0.147 e. The molecule has 0 aromatic carbocycles. The van der Waals surface area contributed by atoms with Gasteiger partial charge in [0.15, 0.2) is 0 Å². The van der Waals surface area contributed by atoms with Crippen LogP contribution in [-0.2, 0) is 9.84 Å². The molecular weight excluding hydrogens is 208 g/mol. The van der Waals surface area contributed by atoms with Crippen LogP contribution in [0.15, 0.2) is 0 Å². The fraction of sp³-hybridized carbons (Fsp3) is 1.00. The zero-order valence-corrected chi connectivity index (χ0v) is 9.74.